The zero-order valence-corrected chi connectivity index (χ0v) is 13.2. The van der Waals surface area contributed by atoms with E-state index in [1.54, 1.807) is 12.1 Å². The molecule has 0 unspecified atom stereocenters. The Morgan fingerprint density at radius 2 is 1.96 bits per heavy atom. The third-order valence-corrected chi connectivity index (χ3v) is 3.75. The second-order valence-corrected chi connectivity index (χ2v) is 5.35. The van der Waals surface area contributed by atoms with Crippen molar-refractivity contribution in [3.05, 3.63) is 42.1 Å². The summed E-state index contributed by atoms with van der Waals surface area (Å²) in [6.45, 7) is 4.45. The zero-order valence-electron chi connectivity index (χ0n) is 13.2. The van der Waals surface area contributed by atoms with Crippen LogP contribution in [-0.4, -0.2) is 35.8 Å². The molecule has 1 fully saturated rings. The van der Waals surface area contributed by atoms with Gasteiger partial charge in [-0.15, -0.1) is 10.2 Å². The second kappa shape index (κ2) is 7.09. The van der Waals surface area contributed by atoms with Crippen LogP contribution in [0.3, 0.4) is 0 Å². The van der Waals surface area contributed by atoms with Crippen molar-refractivity contribution in [1.82, 2.24) is 10.2 Å². The Morgan fingerprint density at radius 3 is 2.65 bits per heavy atom. The van der Waals surface area contributed by atoms with E-state index in [9.17, 15) is 4.79 Å². The molecule has 6 heteroatoms. The summed E-state index contributed by atoms with van der Waals surface area (Å²) in [5.74, 6) is 1.18. The molecule has 1 aliphatic heterocycles. The molecule has 1 aromatic heterocycles. The normalized spacial score (nSPS) is 13.9. The van der Waals surface area contributed by atoms with Crippen LogP contribution in [0.5, 0.6) is 5.75 Å². The highest BCUT2D eigenvalue weighted by Crippen LogP contribution is 2.24. The van der Waals surface area contributed by atoms with Crippen LogP contribution in [0.25, 0.3) is 0 Å². The average molecular weight is 312 g/mol. The van der Waals surface area contributed by atoms with Gasteiger partial charge in [-0.3, -0.25) is 4.79 Å². The monoisotopic (exact) mass is 312 g/mol. The minimum atomic E-state index is -0.294. The number of carbonyl (C=O) groups excluding carboxylic acids is 1. The molecule has 0 spiro atoms. The number of nitrogens with one attached hydrogen (secondary N) is 1. The van der Waals surface area contributed by atoms with E-state index in [1.165, 1.54) is 12.8 Å². The van der Waals surface area contributed by atoms with E-state index in [1.807, 2.05) is 31.2 Å². The van der Waals surface area contributed by atoms with Gasteiger partial charge in [0.05, 0.1) is 12.3 Å². The summed E-state index contributed by atoms with van der Waals surface area (Å²) in [6, 6.07) is 10.9. The largest absolute Gasteiger partial charge is 0.492 e. The number of para-hydroxylation sites is 2. The van der Waals surface area contributed by atoms with Crippen LogP contribution in [0.4, 0.5) is 11.5 Å². The number of anilines is 2. The molecule has 0 bridgehead atoms. The topological polar surface area (TPSA) is 67.3 Å². The Hall–Kier alpha value is -2.63. The summed E-state index contributed by atoms with van der Waals surface area (Å²) < 4.78 is 5.50. The molecule has 1 N–H and O–H groups in total. The maximum Gasteiger partial charge on any atom is 0.276 e. The molecular formula is C17H20N4O2. The summed E-state index contributed by atoms with van der Waals surface area (Å²) in [4.78, 5) is 14.5. The highest BCUT2D eigenvalue weighted by atomic mass is 16.5. The maximum atomic E-state index is 12.3. The number of hydrogen-bond donors (Lipinski definition) is 1. The van der Waals surface area contributed by atoms with Gasteiger partial charge in [0, 0.05) is 13.1 Å². The molecule has 1 amide bonds. The van der Waals surface area contributed by atoms with E-state index < -0.39 is 0 Å². The first kappa shape index (κ1) is 15.3. The van der Waals surface area contributed by atoms with Crippen LogP contribution in [0, 0.1) is 0 Å². The van der Waals surface area contributed by atoms with Gasteiger partial charge in [0.15, 0.2) is 11.5 Å². The van der Waals surface area contributed by atoms with Crippen LogP contribution in [0.2, 0.25) is 0 Å². The maximum absolute atomic E-state index is 12.3. The number of aromatic nitrogens is 2. The molecule has 3 rings (SSSR count). The van der Waals surface area contributed by atoms with Gasteiger partial charge >= 0.3 is 0 Å². The van der Waals surface area contributed by atoms with Crippen LogP contribution >= 0.6 is 0 Å². The van der Waals surface area contributed by atoms with Crippen molar-refractivity contribution in [2.45, 2.75) is 19.8 Å². The van der Waals surface area contributed by atoms with Crippen LogP contribution in [-0.2, 0) is 0 Å². The van der Waals surface area contributed by atoms with E-state index in [4.69, 9.17) is 4.74 Å². The van der Waals surface area contributed by atoms with E-state index in [0.29, 0.717) is 23.7 Å². The first-order valence-corrected chi connectivity index (χ1v) is 7.90. The van der Waals surface area contributed by atoms with Crippen molar-refractivity contribution in [2.24, 2.45) is 0 Å². The van der Waals surface area contributed by atoms with Gasteiger partial charge in [-0.1, -0.05) is 12.1 Å². The molecule has 0 radical (unpaired) electrons. The van der Waals surface area contributed by atoms with Crippen molar-refractivity contribution in [2.75, 3.05) is 29.9 Å². The van der Waals surface area contributed by atoms with Crippen LogP contribution in [0.1, 0.15) is 30.3 Å². The van der Waals surface area contributed by atoms with Gasteiger partial charge in [0.25, 0.3) is 5.91 Å². The van der Waals surface area contributed by atoms with Crippen molar-refractivity contribution in [1.29, 1.82) is 0 Å². The second-order valence-electron chi connectivity index (χ2n) is 5.35. The average Bonchev–Trinajstić information content (AvgIpc) is 3.11. The molecule has 120 valence electrons. The van der Waals surface area contributed by atoms with Gasteiger partial charge in [-0.2, -0.15) is 0 Å². The fourth-order valence-electron chi connectivity index (χ4n) is 2.60. The standard InChI is InChI=1S/C17H20N4O2/c1-2-23-15-8-4-3-7-13(15)18-17(22)14-9-10-16(20-19-14)21-11-5-6-12-21/h3-4,7-10H,2,5-6,11-12H2,1H3,(H,18,22). The molecule has 1 aliphatic rings. The number of benzene rings is 1. The third kappa shape index (κ3) is 3.59. The number of ether oxygens (including phenoxy) is 1. The van der Waals surface area contributed by atoms with Crippen LogP contribution in [0.15, 0.2) is 36.4 Å². The third-order valence-electron chi connectivity index (χ3n) is 3.75. The highest BCUT2D eigenvalue weighted by Gasteiger charge is 2.16. The molecule has 0 atom stereocenters. The Morgan fingerprint density at radius 1 is 1.17 bits per heavy atom. The lowest BCUT2D eigenvalue weighted by Crippen LogP contribution is -2.21. The number of rotatable bonds is 5. The lowest BCUT2D eigenvalue weighted by Gasteiger charge is -2.15. The lowest BCUT2D eigenvalue weighted by atomic mass is 10.2. The minimum absolute atomic E-state index is 0.291. The molecule has 23 heavy (non-hydrogen) atoms. The molecular weight excluding hydrogens is 292 g/mol. The van der Waals surface area contributed by atoms with Crippen LogP contribution < -0.4 is 15.0 Å². The SMILES string of the molecule is CCOc1ccccc1NC(=O)c1ccc(N2CCCC2)nn1. The van der Waals surface area contributed by atoms with E-state index in [0.717, 1.165) is 18.9 Å². The van der Waals surface area contributed by atoms with Crippen molar-refractivity contribution in [3.8, 4) is 5.75 Å². The molecule has 1 aromatic carbocycles. The summed E-state index contributed by atoms with van der Waals surface area (Å²) in [5.41, 5.74) is 0.920. The Bertz CT molecular complexity index is 667. The van der Waals surface area contributed by atoms with Gasteiger partial charge in [-0.25, -0.2) is 0 Å². The predicted molar refractivity (Wildman–Crippen MR) is 89.0 cm³/mol. The van der Waals surface area contributed by atoms with E-state index in [2.05, 4.69) is 20.4 Å². The van der Waals surface area contributed by atoms with Gasteiger partial charge in [-0.05, 0) is 44.0 Å². The lowest BCUT2D eigenvalue weighted by molar-refractivity contribution is 0.102. The number of hydrogen-bond acceptors (Lipinski definition) is 5. The van der Waals surface area contributed by atoms with Gasteiger partial charge in [0.1, 0.15) is 5.75 Å². The number of nitrogens with zero attached hydrogens (tertiary/aromatic N) is 3. The van der Waals surface area contributed by atoms with E-state index >= 15 is 0 Å². The van der Waals surface area contributed by atoms with Crippen molar-refractivity contribution >= 4 is 17.4 Å². The van der Waals surface area contributed by atoms with Crippen molar-refractivity contribution < 1.29 is 9.53 Å². The molecule has 6 nitrogen and oxygen atoms in total. The Kier molecular flexibility index (Phi) is 4.71. The van der Waals surface area contributed by atoms with E-state index in [-0.39, 0.29) is 5.91 Å². The highest BCUT2D eigenvalue weighted by molar-refractivity contribution is 6.03. The summed E-state index contributed by atoms with van der Waals surface area (Å²) in [6.07, 6.45) is 2.36. The summed E-state index contributed by atoms with van der Waals surface area (Å²) >= 11 is 0. The quantitative estimate of drug-likeness (QED) is 0.919. The molecule has 0 saturated carbocycles. The molecule has 1 saturated heterocycles. The van der Waals surface area contributed by atoms with Crippen molar-refractivity contribution in [3.63, 3.8) is 0 Å². The van der Waals surface area contributed by atoms with Gasteiger partial charge < -0.3 is 15.0 Å². The first-order valence-electron chi connectivity index (χ1n) is 7.90. The smallest absolute Gasteiger partial charge is 0.276 e. The zero-order chi connectivity index (χ0) is 16.1. The fourth-order valence-corrected chi connectivity index (χ4v) is 2.60. The number of carbonyl (C=O) groups is 1. The first-order chi connectivity index (χ1) is 11.3. The summed E-state index contributed by atoms with van der Waals surface area (Å²) in [7, 11) is 0. The summed E-state index contributed by atoms with van der Waals surface area (Å²) in [5, 5.41) is 11.0. The minimum Gasteiger partial charge on any atom is -0.492 e. The Balaban J connectivity index is 1.71. The molecule has 0 aliphatic carbocycles. The number of amides is 1. The fraction of sp³-hybridized carbons (Fsp3) is 0.353. The predicted octanol–water partition coefficient (Wildman–Crippen LogP) is 2.73. The van der Waals surface area contributed by atoms with Gasteiger partial charge in [0.2, 0.25) is 0 Å². The molecule has 2 aromatic rings. The molecule has 2 heterocycles. The Labute approximate surface area is 135 Å².